The summed E-state index contributed by atoms with van der Waals surface area (Å²) in [5.41, 5.74) is 2.53. The third kappa shape index (κ3) is 3.15. The van der Waals surface area contributed by atoms with Gasteiger partial charge in [0.2, 0.25) is 0 Å². The van der Waals surface area contributed by atoms with Crippen LogP contribution in [0.15, 0.2) is 48.5 Å². The van der Waals surface area contributed by atoms with Gasteiger partial charge in [0.1, 0.15) is 11.9 Å². The van der Waals surface area contributed by atoms with Gasteiger partial charge in [0, 0.05) is 24.4 Å². The van der Waals surface area contributed by atoms with Gasteiger partial charge in [-0.25, -0.2) is 0 Å². The minimum Gasteiger partial charge on any atom is -0.493 e. The number of benzene rings is 2. The van der Waals surface area contributed by atoms with Crippen LogP contribution in [0.4, 0.5) is 5.69 Å². The number of amides is 1. The summed E-state index contributed by atoms with van der Waals surface area (Å²) in [5, 5.41) is 3.54. The molecular weight excluding hydrogens is 328 g/mol. The number of ether oxygens (including phenoxy) is 2. The van der Waals surface area contributed by atoms with Gasteiger partial charge in [0.15, 0.2) is 0 Å². The van der Waals surface area contributed by atoms with Crippen LogP contribution in [-0.4, -0.2) is 36.7 Å². The molecule has 0 saturated carbocycles. The van der Waals surface area contributed by atoms with E-state index in [1.54, 1.807) is 0 Å². The molecule has 136 valence electrons. The Labute approximate surface area is 153 Å². The Morgan fingerprint density at radius 3 is 2.81 bits per heavy atom. The molecule has 2 aromatic carbocycles. The third-order valence-electron chi connectivity index (χ3n) is 4.96. The van der Waals surface area contributed by atoms with Gasteiger partial charge in [-0.15, -0.1) is 0 Å². The van der Waals surface area contributed by atoms with Crippen molar-refractivity contribution in [2.45, 2.75) is 32.0 Å². The van der Waals surface area contributed by atoms with E-state index in [4.69, 9.17) is 9.47 Å². The second-order valence-corrected chi connectivity index (χ2v) is 6.66. The summed E-state index contributed by atoms with van der Waals surface area (Å²) in [7, 11) is 0. The Hall–Kier alpha value is -2.53. The number of nitrogens with zero attached hydrogens (tertiary/aromatic N) is 1. The number of carbonyl (C=O) groups is 1. The summed E-state index contributed by atoms with van der Waals surface area (Å²) in [6.07, 6.45) is 1.86. The van der Waals surface area contributed by atoms with Gasteiger partial charge >= 0.3 is 0 Å². The maximum Gasteiger partial charge on any atom is 0.257 e. The zero-order chi connectivity index (χ0) is 17.9. The number of hydrogen-bond acceptors (Lipinski definition) is 4. The van der Waals surface area contributed by atoms with Crippen molar-refractivity contribution < 1.29 is 14.3 Å². The summed E-state index contributed by atoms with van der Waals surface area (Å²) < 4.78 is 11.6. The molecule has 0 bridgehead atoms. The lowest BCUT2D eigenvalue weighted by Crippen LogP contribution is -2.46. The highest BCUT2D eigenvalue weighted by atomic mass is 16.5. The molecule has 2 aromatic rings. The van der Waals surface area contributed by atoms with E-state index < -0.39 is 0 Å². The number of para-hydroxylation sites is 2. The standard InChI is InChI=1S/C21H24N2O3/c1-2-25-19-12-6-4-10-17(19)20-22-18-11-5-3-9-16(18)21(24)23(20)14-15-8-7-13-26-15/h3-6,9-12,15,20,22H,2,7-8,13-14H2,1H3/t15-,20+/m0/s1. The van der Waals surface area contributed by atoms with Crippen molar-refractivity contribution in [1.82, 2.24) is 4.90 Å². The van der Waals surface area contributed by atoms with E-state index in [-0.39, 0.29) is 18.2 Å². The fourth-order valence-electron chi connectivity index (χ4n) is 3.73. The molecule has 2 aliphatic rings. The first-order chi connectivity index (χ1) is 12.8. The second kappa shape index (κ2) is 7.38. The van der Waals surface area contributed by atoms with Crippen LogP contribution in [0.25, 0.3) is 0 Å². The van der Waals surface area contributed by atoms with Crippen LogP contribution in [-0.2, 0) is 4.74 Å². The van der Waals surface area contributed by atoms with Gasteiger partial charge in [-0.1, -0.05) is 30.3 Å². The van der Waals surface area contributed by atoms with Gasteiger partial charge < -0.3 is 19.7 Å². The van der Waals surface area contributed by atoms with Crippen molar-refractivity contribution in [2.75, 3.05) is 25.1 Å². The average molecular weight is 352 g/mol. The number of carbonyl (C=O) groups excluding carboxylic acids is 1. The highest BCUT2D eigenvalue weighted by Gasteiger charge is 2.36. The summed E-state index contributed by atoms with van der Waals surface area (Å²) in [6.45, 7) is 3.90. The van der Waals surface area contributed by atoms with Crippen LogP contribution < -0.4 is 10.1 Å². The molecule has 2 aliphatic heterocycles. The SMILES string of the molecule is CCOc1ccccc1[C@@H]1Nc2ccccc2C(=O)N1C[C@@H]1CCCO1. The summed E-state index contributed by atoms with van der Waals surface area (Å²) in [5.74, 6) is 0.836. The van der Waals surface area contributed by atoms with E-state index in [0.29, 0.717) is 18.7 Å². The van der Waals surface area contributed by atoms with Gasteiger partial charge in [-0.3, -0.25) is 4.79 Å². The Kier molecular flexibility index (Phi) is 4.80. The van der Waals surface area contributed by atoms with Crippen molar-refractivity contribution in [2.24, 2.45) is 0 Å². The van der Waals surface area contributed by atoms with E-state index in [2.05, 4.69) is 5.32 Å². The number of rotatable bonds is 5. The van der Waals surface area contributed by atoms with Crippen molar-refractivity contribution in [3.8, 4) is 5.75 Å². The topological polar surface area (TPSA) is 50.8 Å². The van der Waals surface area contributed by atoms with Gasteiger partial charge in [-0.05, 0) is 38.0 Å². The average Bonchev–Trinajstić information content (AvgIpc) is 3.18. The molecule has 0 unspecified atom stereocenters. The lowest BCUT2D eigenvalue weighted by molar-refractivity contribution is 0.0424. The van der Waals surface area contributed by atoms with E-state index in [0.717, 1.165) is 36.4 Å². The lowest BCUT2D eigenvalue weighted by Gasteiger charge is -2.39. The molecule has 0 aliphatic carbocycles. The fraction of sp³-hybridized carbons (Fsp3) is 0.381. The molecule has 2 atom stereocenters. The summed E-state index contributed by atoms with van der Waals surface area (Å²) in [4.78, 5) is 15.1. The van der Waals surface area contributed by atoms with E-state index >= 15 is 0 Å². The zero-order valence-electron chi connectivity index (χ0n) is 15.0. The van der Waals surface area contributed by atoms with Crippen molar-refractivity contribution in [3.05, 3.63) is 59.7 Å². The third-order valence-corrected chi connectivity index (χ3v) is 4.96. The molecule has 26 heavy (non-hydrogen) atoms. The normalized spacial score (nSPS) is 22.0. The molecule has 5 heteroatoms. The minimum atomic E-state index is -0.274. The van der Waals surface area contributed by atoms with E-state index in [1.165, 1.54) is 0 Å². The molecule has 2 heterocycles. The molecule has 0 radical (unpaired) electrons. The summed E-state index contributed by atoms with van der Waals surface area (Å²) >= 11 is 0. The molecule has 0 spiro atoms. The predicted octanol–water partition coefficient (Wildman–Crippen LogP) is 3.83. The van der Waals surface area contributed by atoms with Gasteiger partial charge in [0.05, 0.1) is 18.3 Å². The Bertz CT molecular complexity index is 786. The number of hydrogen-bond donors (Lipinski definition) is 1. The largest absolute Gasteiger partial charge is 0.493 e. The van der Waals surface area contributed by atoms with E-state index in [1.807, 2.05) is 60.4 Å². The maximum atomic E-state index is 13.2. The van der Waals surface area contributed by atoms with Crippen LogP contribution in [0.5, 0.6) is 5.75 Å². The number of nitrogens with one attached hydrogen (secondary N) is 1. The van der Waals surface area contributed by atoms with Crippen LogP contribution in [0, 0.1) is 0 Å². The second-order valence-electron chi connectivity index (χ2n) is 6.66. The number of anilines is 1. The van der Waals surface area contributed by atoms with Gasteiger partial charge in [-0.2, -0.15) is 0 Å². The highest BCUT2D eigenvalue weighted by molar-refractivity contribution is 6.01. The van der Waals surface area contributed by atoms with Crippen molar-refractivity contribution >= 4 is 11.6 Å². The molecular formula is C21H24N2O3. The first-order valence-corrected chi connectivity index (χ1v) is 9.27. The van der Waals surface area contributed by atoms with Crippen molar-refractivity contribution in [1.29, 1.82) is 0 Å². The highest BCUT2D eigenvalue weighted by Crippen LogP contribution is 2.37. The molecule has 1 amide bonds. The van der Waals surface area contributed by atoms with Gasteiger partial charge in [0.25, 0.3) is 5.91 Å². The van der Waals surface area contributed by atoms with Crippen LogP contribution in [0.1, 0.15) is 41.9 Å². The van der Waals surface area contributed by atoms with Crippen LogP contribution in [0.2, 0.25) is 0 Å². The monoisotopic (exact) mass is 352 g/mol. The van der Waals surface area contributed by atoms with E-state index in [9.17, 15) is 4.79 Å². The molecule has 1 fully saturated rings. The number of fused-ring (bicyclic) bond motifs is 1. The van der Waals surface area contributed by atoms with Crippen LogP contribution in [0.3, 0.4) is 0 Å². The Morgan fingerprint density at radius 2 is 2.00 bits per heavy atom. The predicted molar refractivity (Wildman–Crippen MR) is 100 cm³/mol. The first-order valence-electron chi connectivity index (χ1n) is 9.27. The summed E-state index contributed by atoms with van der Waals surface area (Å²) in [6, 6.07) is 15.6. The quantitative estimate of drug-likeness (QED) is 0.888. The molecule has 5 nitrogen and oxygen atoms in total. The Morgan fingerprint density at radius 1 is 1.19 bits per heavy atom. The van der Waals surface area contributed by atoms with Crippen molar-refractivity contribution in [3.63, 3.8) is 0 Å². The lowest BCUT2D eigenvalue weighted by atomic mass is 10.0. The fourth-order valence-corrected chi connectivity index (χ4v) is 3.73. The first kappa shape index (κ1) is 16.9. The molecule has 0 aromatic heterocycles. The zero-order valence-corrected chi connectivity index (χ0v) is 15.0. The molecule has 1 N–H and O–H groups in total. The molecule has 4 rings (SSSR count). The maximum absolute atomic E-state index is 13.2. The Balaban J connectivity index is 1.73. The smallest absolute Gasteiger partial charge is 0.257 e. The minimum absolute atomic E-state index is 0.0335. The molecule has 1 saturated heterocycles. The van der Waals surface area contributed by atoms with Crippen LogP contribution >= 0.6 is 0 Å².